The van der Waals surface area contributed by atoms with E-state index in [2.05, 4.69) is 53.7 Å². The van der Waals surface area contributed by atoms with Crippen LogP contribution in [0.5, 0.6) is 5.75 Å². The molecule has 2 aromatic rings. The lowest BCUT2D eigenvalue weighted by Crippen LogP contribution is -2.16. The average Bonchev–Trinajstić information content (AvgIpc) is 2.48. The highest BCUT2D eigenvalue weighted by Crippen LogP contribution is 2.20. The first-order valence-electron chi connectivity index (χ1n) is 6.35. The lowest BCUT2D eigenvalue weighted by Gasteiger charge is -2.19. The Morgan fingerprint density at radius 3 is 2.16 bits per heavy atom. The van der Waals surface area contributed by atoms with Crippen molar-refractivity contribution in [2.24, 2.45) is 0 Å². The van der Waals surface area contributed by atoms with E-state index in [4.69, 9.17) is 4.74 Å². The quantitative estimate of drug-likeness (QED) is 0.887. The lowest BCUT2D eigenvalue weighted by molar-refractivity contribution is 0.415. The van der Waals surface area contributed by atoms with Gasteiger partial charge in [0, 0.05) is 32.0 Å². The van der Waals surface area contributed by atoms with E-state index in [-0.39, 0.29) is 0 Å². The van der Waals surface area contributed by atoms with Crippen molar-refractivity contribution < 1.29 is 4.74 Å². The lowest BCUT2D eigenvalue weighted by atomic mass is 10.2. The SMILES string of the molecule is CNc1ccc(CN(C)c2ccc(OC)cc2)cc1. The normalized spacial score (nSPS) is 10.1. The Kier molecular flexibility index (Phi) is 4.29. The summed E-state index contributed by atoms with van der Waals surface area (Å²) in [4.78, 5) is 2.22. The maximum atomic E-state index is 5.17. The van der Waals surface area contributed by atoms with Gasteiger partial charge in [-0.1, -0.05) is 12.1 Å². The van der Waals surface area contributed by atoms with Crippen molar-refractivity contribution in [3.05, 3.63) is 54.1 Å². The van der Waals surface area contributed by atoms with E-state index in [1.54, 1.807) is 7.11 Å². The van der Waals surface area contributed by atoms with Gasteiger partial charge >= 0.3 is 0 Å². The van der Waals surface area contributed by atoms with Crippen LogP contribution in [0.25, 0.3) is 0 Å². The number of hydrogen-bond donors (Lipinski definition) is 1. The molecule has 0 atom stereocenters. The number of hydrogen-bond acceptors (Lipinski definition) is 3. The summed E-state index contributed by atoms with van der Waals surface area (Å²) in [5.41, 5.74) is 3.60. The first kappa shape index (κ1) is 13.3. The molecule has 100 valence electrons. The van der Waals surface area contributed by atoms with Crippen molar-refractivity contribution in [3.63, 3.8) is 0 Å². The monoisotopic (exact) mass is 256 g/mol. The van der Waals surface area contributed by atoms with Crippen LogP contribution in [0.2, 0.25) is 0 Å². The number of benzene rings is 2. The molecule has 0 aliphatic rings. The van der Waals surface area contributed by atoms with Crippen molar-refractivity contribution in [1.82, 2.24) is 0 Å². The molecule has 2 rings (SSSR count). The summed E-state index contributed by atoms with van der Waals surface area (Å²) in [6.45, 7) is 0.885. The molecule has 2 aromatic carbocycles. The Balaban J connectivity index is 2.04. The third kappa shape index (κ3) is 3.41. The zero-order valence-corrected chi connectivity index (χ0v) is 11.7. The standard InChI is InChI=1S/C16H20N2O/c1-17-14-6-4-13(5-7-14)12-18(2)15-8-10-16(19-3)11-9-15/h4-11,17H,12H2,1-3H3. The fourth-order valence-corrected chi connectivity index (χ4v) is 1.98. The third-order valence-corrected chi connectivity index (χ3v) is 3.18. The maximum Gasteiger partial charge on any atom is 0.119 e. The van der Waals surface area contributed by atoms with Gasteiger partial charge in [-0.25, -0.2) is 0 Å². The fraction of sp³-hybridized carbons (Fsp3) is 0.250. The number of nitrogens with one attached hydrogen (secondary N) is 1. The van der Waals surface area contributed by atoms with E-state index in [9.17, 15) is 0 Å². The highest BCUT2D eigenvalue weighted by molar-refractivity contribution is 5.50. The van der Waals surface area contributed by atoms with Crippen molar-refractivity contribution >= 4 is 11.4 Å². The van der Waals surface area contributed by atoms with Gasteiger partial charge < -0.3 is 15.0 Å². The van der Waals surface area contributed by atoms with Crippen LogP contribution in [0.4, 0.5) is 11.4 Å². The van der Waals surface area contributed by atoms with Gasteiger partial charge in [0.2, 0.25) is 0 Å². The van der Waals surface area contributed by atoms with Crippen LogP contribution in [0, 0.1) is 0 Å². The molecular formula is C16H20N2O. The molecular weight excluding hydrogens is 236 g/mol. The highest BCUT2D eigenvalue weighted by atomic mass is 16.5. The second-order valence-electron chi connectivity index (χ2n) is 4.50. The van der Waals surface area contributed by atoms with Crippen LogP contribution in [0.1, 0.15) is 5.56 Å². The zero-order chi connectivity index (χ0) is 13.7. The molecule has 3 heteroatoms. The smallest absolute Gasteiger partial charge is 0.119 e. The van der Waals surface area contributed by atoms with Gasteiger partial charge in [0.25, 0.3) is 0 Å². The topological polar surface area (TPSA) is 24.5 Å². The molecule has 0 radical (unpaired) electrons. The van der Waals surface area contributed by atoms with Gasteiger partial charge in [0.15, 0.2) is 0 Å². The number of nitrogens with zero attached hydrogens (tertiary/aromatic N) is 1. The summed E-state index contributed by atoms with van der Waals surface area (Å²) < 4.78 is 5.17. The first-order chi connectivity index (χ1) is 9.22. The van der Waals surface area contributed by atoms with Crippen LogP contribution >= 0.6 is 0 Å². The van der Waals surface area contributed by atoms with Gasteiger partial charge in [0.05, 0.1) is 7.11 Å². The second kappa shape index (κ2) is 6.14. The minimum absolute atomic E-state index is 0.885. The van der Waals surface area contributed by atoms with Crippen molar-refractivity contribution in [3.8, 4) is 5.75 Å². The Hall–Kier alpha value is -2.16. The Morgan fingerprint density at radius 2 is 1.63 bits per heavy atom. The minimum atomic E-state index is 0.885. The average molecular weight is 256 g/mol. The van der Waals surface area contributed by atoms with E-state index in [0.717, 1.165) is 18.0 Å². The summed E-state index contributed by atoms with van der Waals surface area (Å²) in [5, 5.41) is 3.12. The van der Waals surface area contributed by atoms with Gasteiger partial charge in [0.1, 0.15) is 5.75 Å². The van der Waals surface area contributed by atoms with Crippen LogP contribution in [0.15, 0.2) is 48.5 Å². The number of ether oxygens (including phenoxy) is 1. The van der Waals surface area contributed by atoms with E-state index >= 15 is 0 Å². The summed E-state index contributed by atoms with van der Waals surface area (Å²) >= 11 is 0. The molecule has 19 heavy (non-hydrogen) atoms. The molecule has 0 fully saturated rings. The summed E-state index contributed by atoms with van der Waals surface area (Å²) in [7, 11) is 5.70. The van der Waals surface area contributed by atoms with E-state index < -0.39 is 0 Å². The maximum absolute atomic E-state index is 5.17. The molecule has 0 aliphatic carbocycles. The highest BCUT2D eigenvalue weighted by Gasteiger charge is 2.02. The Morgan fingerprint density at radius 1 is 1.00 bits per heavy atom. The first-order valence-corrected chi connectivity index (χ1v) is 6.35. The van der Waals surface area contributed by atoms with Gasteiger partial charge in [-0.3, -0.25) is 0 Å². The number of rotatable bonds is 5. The molecule has 0 heterocycles. The predicted octanol–water partition coefficient (Wildman–Crippen LogP) is 3.37. The zero-order valence-electron chi connectivity index (χ0n) is 11.7. The van der Waals surface area contributed by atoms with E-state index in [1.165, 1.54) is 11.3 Å². The third-order valence-electron chi connectivity index (χ3n) is 3.18. The van der Waals surface area contributed by atoms with Crippen LogP contribution in [0.3, 0.4) is 0 Å². The van der Waals surface area contributed by atoms with Crippen molar-refractivity contribution in [2.45, 2.75) is 6.54 Å². The van der Waals surface area contributed by atoms with E-state index in [0.29, 0.717) is 0 Å². The molecule has 0 unspecified atom stereocenters. The van der Waals surface area contributed by atoms with Crippen LogP contribution in [-0.2, 0) is 6.54 Å². The molecule has 3 nitrogen and oxygen atoms in total. The fourth-order valence-electron chi connectivity index (χ4n) is 1.98. The minimum Gasteiger partial charge on any atom is -0.497 e. The Labute approximate surface area is 114 Å². The molecule has 0 bridgehead atoms. The van der Waals surface area contributed by atoms with Gasteiger partial charge in [-0.15, -0.1) is 0 Å². The van der Waals surface area contributed by atoms with Crippen molar-refractivity contribution in [2.75, 3.05) is 31.4 Å². The number of anilines is 2. The summed E-state index contributed by atoms with van der Waals surface area (Å²) in [6.07, 6.45) is 0. The molecule has 0 aliphatic heterocycles. The molecule has 0 saturated carbocycles. The van der Waals surface area contributed by atoms with E-state index in [1.807, 2.05) is 19.2 Å². The van der Waals surface area contributed by atoms with Crippen LogP contribution < -0.4 is 15.0 Å². The molecule has 0 amide bonds. The van der Waals surface area contributed by atoms with Gasteiger partial charge in [-0.2, -0.15) is 0 Å². The molecule has 0 spiro atoms. The van der Waals surface area contributed by atoms with Gasteiger partial charge in [-0.05, 0) is 42.0 Å². The summed E-state index contributed by atoms with van der Waals surface area (Å²) in [5.74, 6) is 0.885. The predicted molar refractivity (Wildman–Crippen MR) is 81.1 cm³/mol. The van der Waals surface area contributed by atoms with Crippen molar-refractivity contribution in [1.29, 1.82) is 0 Å². The Bertz CT molecular complexity index is 505. The molecule has 0 aromatic heterocycles. The number of methoxy groups -OCH3 is 1. The molecule has 0 saturated heterocycles. The summed E-state index contributed by atoms with van der Waals surface area (Å²) in [6, 6.07) is 16.6. The molecule has 1 N–H and O–H groups in total. The second-order valence-corrected chi connectivity index (χ2v) is 4.50. The van der Waals surface area contributed by atoms with Crippen LogP contribution in [-0.4, -0.2) is 21.2 Å². The largest absolute Gasteiger partial charge is 0.497 e.